The number of hydrogen-bond donors (Lipinski definition) is 0. The fourth-order valence-electron chi connectivity index (χ4n) is 2.40. The van der Waals surface area contributed by atoms with Gasteiger partial charge in [0.25, 0.3) is 0 Å². The summed E-state index contributed by atoms with van der Waals surface area (Å²) in [5, 5.41) is 0. The van der Waals surface area contributed by atoms with Crippen LogP contribution in [0.3, 0.4) is 0 Å². The van der Waals surface area contributed by atoms with E-state index < -0.39 is 0 Å². The molecule has 5 nitrogen and oxygen atoms in total. The zero-order valence-electron chi connectivity index (χ0n) is 12.8. The minimum absolute atomic E-state index is 0.0523. The Labute approximate surface area is 129 Å². The molecule has 5 heteroatoms. The Morgan fingerprint density at radius 3 is 2.82 bits per heavy atom. The second-order valence-electron chi connectivity index (χ2n) is 5.00. The van der Waals surface area contributed by atoms with Gasteiger partial charge in [-0.25, -0.2) is 9.97 Å². The molecule has 1 aromatic carbocycles. The summed E-state index contributed by atoms with van der Waals surface area (Å²) in [4.78, 5) is 8.72. The van der Waals surface area contributed by atoms with E-state index in [2.05, 4.69) is 9.97 Å². The van der Waals surface area contributed by atoms with Gasteiger partial charge in [0.05, 0.1) is 6.20 Å². The minimum Gasteiger partial charge on any atom is -0.439 e. The van der Waals surface area contributed by atoms with Crippen LogP contribution in [0.15, 0.2) is 53.3 Å². The molecule has 0 amide bonds. The Morgan fingerprint density at radius 2 is 2.05 bits per heavy atom. The molecular weight excluding hydrogens is 278 g/mol. The van der Waals surface area contributed by atoms with E-state index in [4.69, 9.17) is 9.15 Å². The van der Waals surface area contributed by atoms with Gasteiger partial charge >= 0.3 is 0 Å². The van der Waals surface area contributed by atoms with Crippen molar-refractivity contribution in [2.75, 3.05) is 6.61 Å². The lowest BCUT2D eigenvalue weighted by atomic mass is 10.2. The molecule has 3 aromatic rings. The Balaban J connectivity index is 1.78. The third kappa shape index (κ3) is 3.09. The summed E-state index contributed by atoms with van der Waals surface area (Å²) in [6.07, 6.45) is 5.39. The van der Waals surface area contributed by atoms with Gasteiger partial charge in [0.2, 0.25) is 5.89 Å². The first-order valence-electron chi connectivity index (χ1n) is 7.40. The van der Waals surface area contributed by atoms with Gasteiger partial charge in [-0.05, 0) is 13.8 Å². The smallest absolute Gasteiger partial charge is 0.214 e. The highest BCUT2D eigenvalue weighted by Gasteiger charge is 2.14. The highest BCUT2D eigenvalue weighted by Crippen LogP contribution is 2.21. The molecule has 1 atom stereocenters. The average molecular weight is 297 g/mol. The molecule has 0 unspecified atom stereocenters. The van der Waals surface area contributed by atoms with Gasteiger partial charge in [-0.2, -0.15) is 0 Å². The number of hydrogen-bond acceptors (Lipinski definition) is 4. The van der Waals surface area contributed by atoms with Crippen LogP contribution in [0.4, 0.5) is 0 Å². The van der Waals surface area contributed by atoms with Crippen molar-refractivity contribution in [1.29, 1.82) is 0 Å². The van der Waals surface area contributed by atoms with Gasteiger partial charge < -0.3 is 13.7 Å². The first-order chi connectivity index (χ1) is 10.8. The molecule has 0 aliphatic heterocycles. The second-order valence-corrected chi connectivity index (χ2v) is 5.00. The molecule has 0 N–H and O–H groups in total. The van der Waals surface area contributed by atoms with E-state index in [9.17, 15) is 0 Å². The van der Waals surface area contributed by atoms with Crippen LogP contribution in [0.1, 0.15) is 31.7 Å². The Bertz CT molecular complexity index is 718. The molecule has 0 saturated heterocycles. The topological polar surface area (TPSA) is 53.1 Å². The zero-order chi connectivity index (χ0) is 15.4. The Kier molecular flexibility index (Phi) is 4.34. The lowest BCUT2D eigenvalue weighted by molar-refractivity contribution is 0.0675. The summed E-state index contributed by atoms with van der Waals surface area (Å²) in [7, 11) is 0. The Hall–Kier alpha value is -2.40. The number of nitrogens with zero attached hydrogens (tertiary/aromatic N) is 3. The summed E-state index contributed by atoms with van der Waals surface area (Å²) in [6.45, 7) is 5.17. The van der Waals surface area contributed by atoms with Crippen molar-refractivity contribution in [1.82, 2.24) is 14.5 Å². The molecule has 0 fully saturated rings. The van der Waals surface area contributed by atoms with Crippen LogP contribution in [-0.4, -0.2) is 21.1 Å². The van der Waals surface area contributed by atoms with Crippen LogP contribution in [0, 0.1) is 0 Å². The standard InChI is InChI=1S/C17H19N3O2/c1-3-21-13(2)17-18-9-10-20(17)12-16-19-11-15(22-16)14-7-5-4-6-8-14/h4-11,13H,3,12H2,1-2H3/t13-/m1/s1. The molecule has 2 heterocycles. The normalized spacial score (nSPS) is 12.5. The van der Waals surface area contributed by atoms with E-state index in [0.717, 1.165) is 17.1 Å². The van der Waals surface area contributed by atoms with Gasteiger partial charge in [0, 0.05) is 24.6 Å². The number of oxazole rings is 1. The largest absolute Gasteiger partial charge is 0.439 e. The molecule has 0 spiro atoms. The highest BCUT2D eigenvalue weighted by molar-refractivity contribution is 5.55. The molecule has 114 valence electrons. The van der Waals surface area contributed by atoms with Crippen molar-refractivity contribution >= 4 is 0 Å². The molecule has 0 aliphatic rings. The average Bonchev–Trinajstić information content (AvgIpc) is 3.18. The van der Waals surface area contributed by atoms with E-state index in [1.54, 1.807) is 12.4 Å². The summed E-state index contributed by atoms with van der Waals surface area (Å²) < 4.78 is 13.4. The first-order valence-corrected chi connectivity index (χ1v) is 7.40. The van der Waals surface area contributed by atoms with Crippen molar-refractivity contribution in [3.63, 3.8) is 0 Å². The quantitative estimate of drug-likeness (QED) is 0.696. The zero-order valence-corrected chi connectivity index (χ0v) is 12.8. The van der Waals surface area contributed by atoms with Crippen molar-refractivity contribution in [2.45, 2.75) is 26.5 Å². The van der Waals surface area contributed by atoms with E-state index in [1.807, 2.05) is 54.9 Å². The molecule has 2 aromatic heterocycles. The molecule has 0 aliphatic carbocycles. The van der Waals surface area contributed by atoms with Crippen LogP contribution in [-0.2, 0) is 11.3 Å². The summed E-state index contributed by atoms with van der Waals surface area (Å²) in [6, 6.07) is 9.95. The van der Waals surface area contributed by atoms with Gasteiger partial charge in [-0.15, -0.1) is 0 Å². The maximum Gasteiger partial charge on any atom is 0.214 e. The molecule has 3 rings (SSSR count). The maximum absolute atomic E-state index is 5.84. The van der Waals surface area contributed by atoms with E-state index >= 15 is 0 Å². The molecular formula is C17H19N3O2. The monoisotopic (exact) mass is 297 g/mol. The number of benzene rings is 1. The fourth-order valence-corrected chi connectivity index (χ4v) is 2.40. The minimum atomic E-state index is -0.0523. The van der Waals surface area contributed by atoms with Crippen molar-refractivity contribution in [2.24, 2.45) is 0 Å². The third-order valence-electron chi connectivity index (χ3n) is 3.45. The van der Waals surface area contributed by atoms with Crippen molar-refractivity contribution in [3.8, 4) is 11.3 Å². The predicted octanol–water partition coefficient (Wildman–Crippen LogP) is 3.68. The summed E-state index contributed by atoms with van der Waals surface area (Å²) in [5.41, 5.74) is 1.02. The summed E-state index contributed by atoms with van der Waals surface area (Å²) in [5.74, 6) is 2.30. The van der Waals surface area contributed by atoms with Crippen LogP contribution in [0.5, 0.6) is 0 Å². The number of rotatable bonds is 6. The van der Waals surface area contributed by atoms with Gasteiger partial charge in [-0.3, -0.25) is 0 Å². The lowest BCUT2D eigenvalue weighted by Crippen LogP contribution is -2.10. The van der Waals surface area contributed by atoms with Crippen LogP contribution >= 0.6 is 0 Å². The van der Waals surface area contributed by atoms with E-state index in [0.29, 0.717) is 19.0 Å². The fraction of sp³-hybridized carbons (Fsp3) is 0.294. The van der Waals surface area contributed by atoms with Crippen molar-refractivity contribution < 1.29 is 9.15 Å². The molecule has 22 heavy (non-hydrogen) atoms. The lowest BCUT2D eigenvalue weighted by Gasteiger charge is -2.12. The third-order valence-corrected chi connectivity index (χ3v) is 3.45. The van der Waals surface area contributed by atoms with Crippen molar-refractivity contribution in [3.05, 3.63) is 60.6 Å². The van der Waals surface area contributed by atoms with Crippen LogP contribution in [0.2, 0.25) is 0 Å². The number of imidazole rings is 1. The Morgan fingerprint density at radius 1 is 1.23 bits per heavy atom. The van der Waals surface area contributed by atoms with Gasteiger partial charge in [-0.1, -0.05) is 30.3 Å². The van der Waals surface area contributed by atoms with E-state index in [1.165, 1.54) is 0 Å². The van der Waals surface area contributed by atoms with Gasteiger partial charge in [0.1, 0.15) is 18.5 Å². The van der Waals surface area contributed by atoms with Crippen LogP contribution in [0.25, 0.3) is 11.3 Å². The SMILES string of the molecule is CCO[C@H](C)c1nccn1Cc1ncc(-c2ccccc2)o1. The molecule has 0 saturated carbocycles. The van der Waals surface area contributed by atoms with Gasteiger partial charge in [0.15, 0.2) is 5.76 Å². The van der Waals surface area contributed by atoms with Crippen LogP contribution < -0.4 is 0 Å². The maximum atomic E-state index is 5.84. The number of ether oxygens (including phenoxy) is 1. The first kappa shape index (κ1) is 14.5. The number of aromatic nitrogens is 3. The predicted molar refractivity (Wildman–Crippen MR) is 83.3 cm³/mol. The molecule has 0 bridgehead atoms. The molecule has 0 radical (unpaired) electrons. The van der Waals surface area contributed by atoms with E-state index in [-0.39, 0.29) is 6.10 Å². The highest BCUT2D eigenvalue weighted by atomic mass is 16.5. The summed E-state index contributed by atoms with van der Waals surface area (Å²) >= 11 is 0. The second kappa shape index (κ2) is 6.58.